The van der Waals surface area contributed by atoms with E-state index in [2.05, 4.69) is 10.6 Å². The normalized spacial score (nSPS) is 15.3. The minimum atomic E-state index is -4.20. The molecule has 0 saturated carbocycles. The number of hydrogen-bond acceptors (Lipinski definition) is 6. The van der Waals surface area contributed by atoms with Gasteiger partial charge in [0, 0.05) is 26.9 Å². The Morgan fingerprint density at radius 1 is 0.690 bits per heavy atom. The molecule has 0 aliphatic carbocycles. The van der Waals surface area contributed by atoms with Crippen LogP contribution in [0.3, 0.4) is 0 Å². The Hall–Kier alpha value is -0.760. The zero-order chi connectivity index (χ0) is 22.2. The van der Waals surface area contributed by atoms with Gasteiger partial charge in [0.05, 0.1) is 13.2 Å². The maximum atomic E-state index is 11.9. The first kappa shape index (κ1) is 28.2. The van der Waals surface area contributed by atoms with Crippen molar-refractivity contribution < 1.29 is 37.6 Å². The third-order valence-electron chi connectivity index (χ3n) is 3.83. The van der Waals surface area contributed by atoms with E-state index in [0.29, 0.717) is 25.9 Å². The lowest BCUT2D eigenvalue weighted by atomic mass is 10.2. The highest BCUT2D eigenvalue weighted by molar-refractivity contribution is 7.70. The standard InChI is InChI=1S/C17H36N2O8P2/c1-16(20)18-11-7-3-5-9-13-26-28(22,23)15-29(24,25)27-14-10-6-4-8-12-19-17(2)21/h3-15H2,1-2H3,(H,18,20)(H,19,21)(H,22,23)(H,24,25). The van der Waals surface area contributed by atoms with Crippen LogP contribution < -0.4 is 10.6 Å². The number of carbonyl (C=O) groups is 2. The molecular weight excluding hydrogens is 422 g/mol. The van der Waals surface area contributed by atoms with Crippen molar-refractivity contribution in [3.05, 3.63) is 0 Å². The van der Waals surface area contributed by atoms with Gasteiger partial charge in [-0.15, -0.1) is 0 Å². The summed E-state index contributed by atoms with van der Waals surface area (Å²) < 4.78 is 33.7. The molecule has 0 spiro atoms. The summed E-state index contributed by atoms with van der Waals surface area (Å²) in [7, 11) is -8.41. The van der Waals surface area contributed by atoms with Crippen LogP contribution in [-0.4, -0.2) is 53.8 Å². The van der Waals surface area contributed by atoms with Gasteiger partial charge in [0.25, 0.3) is 0 Å². The van der Waals surface area contributed by atoms with Gasteiger partial charge < -0.3 is 29.5 Å². The third-order valence-corrected chi connectivity index (χ3v) is 7.87. The summed E-state index contributed by atoms with van der Waals surface area (Å²) in [6.07, 6.45) is 5.90. The van der Waals surface area contributed by atoms with Crippen LogP contribution in [0.1, 0.15) is 65.2 Å². The molecule has 0 fully saturated rings. The highest BCUT2D eigenvalue weighted by Gasteiger charge is 2.33. The topological polar surface area (TPSA) is 151 Å². The van der Waals surface area contributed by atoms with Crippen molar-refractivity contribution in [1.82, 2.24) is 10.6 Å². The molecule has 12 heteroatoms. The lowest BCUT2D eigenvalue weighted by Crippen LogP contribution is -2.20. The second-order valence-electron chi connectivity index (χ2n) is 6.88. The highest BCUT2D eigenvalue weighted by atomic mass is 31.2. The van der Waals surface area contributed by atoms with E-state index < -0.39 is 21.1 Å². The fourth-order valence-corrected chi connectivity index (χ4v) is 5.70. The van der Waals surface area contributed by atoms with E-state index in [1.165, 1.54) is 13.8 Å². The molecule has 0 radical (unpaired) electrons. The monoisotopic (exact) mass is 458 g/mol. The number of unbranched alkanes of at least 4 members (excludes halogenated alkanes) is 6. The summed E-state index contributed by atoms with van der Waals surface area (Å²) >= 11 is 0. The Bertz CT molecular complexity index is 526. The molecule has 0 aromatic rings. The van der Waals surface area contributed by atoms with Crippen molar-refractivity contribution in [2.75, 3.05) is 32.2 Å². The summed E-state index contributed by atoms with van der Waals surface area (Å²) in [6.45, 7) is 4.12. The molecule has 2 unspecified atom stereocenters. The maximum Gasteiger partial charge on any atom is 0.340 e. The summed E-state index contributed by atoms with van der Waals surface area (Å²) in [5.41, 5.74) is 0. The molecule has 0 aliphatic heterocycles. The summed E-state index contributed by atoms with van der Waals surface area (Å²) in [6, 6.07) is 0. The lowest BCUT2D eigenvalue weighted by Gasteiger charge is -2.16. The molecule has 29 heavy (non-hydrogen) atoms. The van der Waals surface area contributed by atoms with Crippen molar-refractivity contribution in [1.29, 1.82) is 0 Å². The van der Waals surface area contributed by atoms with Crippen molar-refractivity contribution in [2.24, 2.45) is 0 Å². The van der Waals surface area contributed by atoms with Crippen molar-refractivity contribution in [2.45, 2.75) is 65.2 Å². The van der Waals surface area contributed by atoms with E-state index in [9.17, 15) is 28.5 Å². The first-order chi connectivity index (χ1) is 13.5. The van der Waals surface area contributed by atoms with Gasteiger partial charge in [-0.05, 0) is 25.7 Å². The molecule has 4 N–H and O–H groups in total. The van der Waals surface area contributed by atoms with Crippen LogP contribution in [0.15, 0.2) is 0 Å². The van der Waals surface area contributed by atoms with Gasteiger partial charge in [-0.1, -0.05) is 25.7 Å². The second kappa shape index (κ2) is 16.0. The Morgan fingerprint density at radius 3 is 1.38 bits per heavy atom. The van der Waals surface area contributed by atoms with Gasteiger partial charge in [0.2, 0.25) is 11.8 Å². The molecule has 2 atom stereocenters. The molecule has 0 heterocycles. The first-order valence-electron chi connectivity index (χ1n) is 9.96. The molecular formula is C17H36N2O8P2. The Kier molecular flexibility index (Phi) is 15.6. The highest BCUT2D eigenvalue weighted by Crippen LogP contribution is 2.58. The van der Waals surface area contributed by atoms with Gasteiger partial charge in [-0.25, -0.2) is 0 Å². The summed E-state index contributed by atoms with van der Waals surface area (Å²) in [4.78, 5) is 40.9. The van der Waals surface area contributed by atoms with E-state index >= 15 is 0 Å². The van der Waals surface area contributed by atoms with Crippen molar-refractivity contribution in [3.63, 3.8) is 0 Å². The number of carbonyl (C=O) groups excluding carboxylic acids is 2. The van der Waals surface area contributed by atoms with E-state index in [0.717, 1.165) is 38.5 Å². The second-order valence-corrected chi connectivity index (χ2v) is 11.1. The minimum Gasteiger partial charge on any atom is -0.356 e. The van der Waals surface area contributed by atoms with E-state index in [4.69, 9.17) is 9.05 Å². The zero-order valence-electron chi connectivity index (χ0n) is 17.4. The predicted molar refractivity (Wildman–Crippen MR) is 111 cm³/mol. The molecule has 0 rings (SSSR count). The number of hydrogen-bond donors (Lipinski definition) is 4. The van der Waals surface area contributed by atoms with Gasteiger partial charge in [-0.2, -0.15) is 0 Å². The molecule has 0 saturated heterocycles. The number of nitrogens with one attached hydrogen (secondary N) is 2. The van der Waals surface area contributed by atoms with Gasteiger partial charge in [0.15, 0.2) is 5.90 Å². The van der Waals surface area contributed by atoms with Crippen LogP contribution in [0.5, 0.6) is 0 Å². The van der Waals surface area contributed by atoms with E-state index in [-0.39, 0.29) is 25.0 Å². The van der Waals surface area contributed by atoms with Crippen LogP contribution in [-0.2, 0) is 27.8 Å². The molecule has 0 aliphatic rings. The van der Waals surface area contributed by atoms with Crippen molar-refractivity contribution >= 4 is 27.0 Å². The van der Waals surface area contributed by atoms with Crippen molar-refractivity contribution in [3.8, 4) is 0 Å². The average molecular weight is 458 g/mol. The largest absolute Gasteiger partial charge is 0.356 e. The van der Waals surface area contributed by atoms with Crippen LogP contribution >= 0.6 is 15.2 Å². The van der Waals surface area contributed by atoms with E-state index in [1.807, 2.05) is 0 Å². The Balaban J connectivity index is 3.79. The van der Waals surface area contributed by atoms with Gasteiger partial charge in [0.1, 0.15) is 0 Å². The van der Waals surface area contributed by atoms with Crippen LogP contribution in [0, 0.1) is 0 Å². The quantitative estimate of drug-likeness (QED) is 0.181. The van der Waals surface area contributed by atoms with Crippen LogP contribution in [0.4, 0.5) is 0 Å². The maximum absolute atomic E-state index is 11.9. The lowest BCUT2D eigenvalue weighted by molar-refractivity contribution is -0.119. The fourth-order valence-electron chi connectivity index (χ4n) is 2.41. The zero-order valence-corrected chi connectivity index (χ0v) is 19.2. The Labute approximate surface area is 173 Å². The van der Waals surface area contributed by atoms with Gasteiger partial charge in [-0.3, -0.25) is 18.7 Å². The third kappa shape index (κ3) is 20.3. The summed E-state index contributed by atoms with van der Waals surface area (Å²) in [5.74, 6) is -1.08. The minimum absolute atomic E-state index is 0.0161. The summed E-state index contributed by atoms with van der Waals surface area (Å²) in [5, 5.41) is 5.36. The fraction of sp³-hybridized carbons (Fsp3) is 0.882. The molecule has 172 valence electrons. The van der Waals surface area contributed by atoms with Crippen LogP contribution in [0.25, 0.3) is 0 Å². The molecule has 0 aromatic heterocycles. The Morgan fingerprint density at radius 2 is 1.03 bits per heavy atom. The molecule has 10 nitrogen and oxygen atoms in total. The molecule has 0 aromatic carbocycles. The predicted octanol–water partition coefficient (Wildman–Crippen LogP) is 2.74. The number of rotatable bonds is 18. The molecule has 2 amide bonds. The van der Waals surface area contributed by atoms with Gasteiger partial charge >= 0.3 is 15.2 Å². The SMILES string of the molecule is CC(=O)NCCCCCCOP(=O)(O)CP(=O)(O)OCCCCCCNC(C)=O. The first-order valence-corrected chi connectivity index (χ1v) is 13.5. The molecule has 0 bridgehead atoms. The van der Waals surface area contributed by atoms with Crippen LogP contribution in [0.2, 0.25) is 0 Å². The average Bonchev–Trinajstić information content (AvgIpc) is 2.58. The smallest absolute Gasteiger partial charge is 0.340 e. The number of amides is 2. The van der Waals surface area contributed by atoms with E-state index in [1.54, 1.807) is 0 Å².